The van der Waals surface area contributed by atoms with Crippen LogP contribution in [0.25, 0.3) is 0 Å². The van der Waals surface area contributed by atoms with Gasteiger partial charge in [0.2, 0.25) is 0 Å². The summed E-state index contributed by atoms with van der Waals surface area (Å²) in [6.07, 6.45) is 1.78. The first-order valence-electron chi connectivity index (χ1n) is 4.18. The fourth-order valence-corrected chi connectivity index (χ4v) is 1.00. The third-order valence-corrected chi connectivity index (χ3v) is 1.94. The van der Waals surface area contributed by atoms with Gasteiger partial charge < -0.3 is 5.73 Å². The lowest BCUT2D eigenvalue weighted by molar-refractivity contribution is 0.321. The molecule has 1 unspecified atom stereocenters. The molecule has 82 valence electrons. The molecule has 1 aromatic rings. The Balaban J connectivity index is 0. The van der Waals surface area contributed by atoms with Crippen LogP contribution in [0.4, 0.5) is 0 Å². The molecule has 2 N–H and O–H groups in total. The number of nitrogens with zero attached hydrogens (tertiary/aromatic N) is 1. The van der Waals surface area contributed by atoms with E-state index in [0.717, 1.165) is 5.69 Å². The number of hydrogen-bond donors (Lipinski definition) is 1. The standard InChI is InChI=1S/C10H16N2.2ClH/c1-10(2,3)9(11)8-6-4-5-7-12-8;;/h4-7,9H,11H2,1-3H3;2*1H. The fraction of sp³-hybridized carbons (Fsp3) is 0.500. The lowest BCUT2D eigenvalue weighted by atomic mass is 9.85. The van der Waals surface area contributed by atoms with E-state index in [1.54, 1.807) is 6.20 Å². The van der Waals surface area contributed by atoms with Crippen molar-refractivity contribution in [3.63, 3.8) is 0 Å². The summed E-state index contributed by atoms with van der Waals surface area (Å²) in [5.74, 6) is 0. The zero-order valence-corrected chi connectivity index (χ0v) is 10.4. The number of halogens is 2. The molecule has 0 fully saturated rings. The van der Waals surface area contributed by atoms with Gasteiger partial charge in [-0.05, 0) is 17.5 Å². The Morgan fingerprint density at radius 3 is 2.14 bits per heavy atom. The largest absolute Gasteiger partial charge is 0.322 e. The molecule has 0 saturated carbocycles. The molecule has 0 bridgehead atoms. The van der Waals surface area contributed by atoms with E-state index in [9.17, 15) is 0 Å². The predicted octanol–water partition coefficient (Wildman–Crippen LogP) is 2.97. The molecule has 1 aromatic heterocycles. The average molecular weight is 237 g/mol. The molecule has 4 heteroatoms. The van der Waals surface area contributed by atoms with Gasteiger partial charge in [-0.25, -0.2) is 0 Å². The Morgan fingerprint density at radius 2 is 1.79 bits per heavy atom. The van der Waals surface area contributed by atoms with E-state index in [-0.39, 0.29) is 36.3 Å². The van der Waals surface area contributed by atoms with E-state index in [1.807, 2.05) is 18.2 Å². The van der Waals surface area contributed by atoms with Crippen LogP contribution in [-0.2, 0) is 0 Å². The fourth-order valence-electron chi connectivity index (χ4n) is 1.00. The molecule has 0 radical (unpaired) electrons. The van der Waals surface area contributed by atoms with Crippen molar-refractivity contribution >= 4 is 24.8 Å². The minimum atomic E-state index is 0. The topological polar surface area (TPSA) is 38.9 Å². The van der Waals surface area contributed by atoms with Gasteiger partial charge >= 0.3 is 0 Å². The summed E-state index contributed by atoms with van der Waals surface area (Å²) in [7, 11) is 0. The van der Waals surface area contributed by atoms with E-state index >= 15 is 0 Å². The molecule has 1 atom stereocenters. The maximum atomic E-state index is 6.01. The third-order valence-electron chi connectivity index (χ3n) is 1.94. The lowest BCUT2D eigenvalue weighted by Gasteiger charge is -2.26. The first-order valence-corrected chi connectivity index (χ1v) is 4.18. The zero-order chi connectivity index (χ0) is 9.19. The normalized spacial score (nSPS) is 12.3. The van der Waals surface area contributed by atoms with Crippen molar-refractivity contribution in [2.75, 3.05) is 0 Å². The Bertz CT molecular complexity index is 244. The van der Waals surface area contributed by atoms with Crippen molar-refractivity contribution in [2.45, 2.75) is 26.8 Å². The number of pyridine rings is 1. The lowest BCUT2D eigenvalue weighted by Crippen LogP contribution is -2.26. The summed E-state index contributed by atoms with van der Waals surface area (Å²) in [5, 5.41) is 0. The van der Waals surface area contributed by atoms with Gasteiger partial charge in [-0.1, -0.05) is 26.8 Å². The van der Waals surface area contributed by atoms with Crippen molar-refractivity contribution in [1.29, 1.82) is 0 Å². The van der Waals surface area contributed by atoms with Crippen molar-refractivity contribution in [1.82, 2.24) is 4.98 Å². The molecule has 0 spiro atoms. The van der Waals surface area contributed by atoms with Gasteiger partial charge in [0.1, 0.15) is 0 Å². The van der Waals surface area contributed by atoms with Gasteiger partial charge in [0, 0.05) is 6.20 Å². The van der Waals surface area contributed by atoms with Gasteiger partial charge in [0.05, 0.1) is 11.7 Å². The van der Waals surface area contributed by atoms with Gasteiger partial charge in [-0.15, -0.1) is 24.8 Å². The molecule has 1 heterocycles. The van der Waals surface area contributed by atoms with E-state index in [4.69, 9.17) is 5.73 Å². The maximum Gasteiger partial charge on any atom is 0.0576 e. The average Bonchev–Trinajstić information content (AvgIpc) is 2.03. The monoisotopic (exact) mass is 236 g/mol. The Morgan fingerprint density at radius 1 is 1.21 bits per heavy atom. The van der Waals surface area contributed by atoms with Crippen molar-refractivity contribution in [3.05, 3.63) is 30.1 Å². The highest BCUT2D eigenvalue weighted by atomic mass is 35.5. The second-order valence-electron chi connectivity index (χ2n) is 4.10. The van der Waals surface area contributed by atoms with Crippen LogP contribution in [-0.4, -0.2) is 4.98 Å². The Kier molecular flexibility index (Phi) is 7.17. The summed E-state index contributed by atoms with van der Waals surface area (Å²) in [4.78, 5) is 4.22. The van der Waals surface area contributed by atoms with E-state index in [1.165, 1.54) is 0 Å². The molecule has 2 nitrogen and oxygen atoms in total. The number of hydrogen-bond acceptors (Lipinski definition) is 2. The van der Waals surface area contributed by atoms with E-state index < -0.39 is 0 Å². The molecular weight excluding hydrogens is 219 g/mol. The zero-order valence-electron chi connectivity index (χ0n) is 8.73. The highest BCUT2D eigenvalue weighted by Gasteiger charge is 2.22. The van der Waals surface area contributed by atoms with Crippen LogP contribution in [0.2, 0.25) is 0 Å². The number of rotatable bonds is 1. The highest BCUT2D eigenvalue weighted by Crippen LogP contribution is 2.28. The minimum Gasteiger partial charge on any atom is -0.322 e. The van der Waals surface area contributed by atoms with Crippen LogP contribution >= 0.6 is 24.8 Å². The predicted molar refractivity (Wildman–Crippen MR) is 65.1 cm³/mol. The number of aromatic nitrogens is 1. The van der Waals surface area contributed by atoms with Crippen LogP contribution in [0.3, 0.4) is 0 Å². The third kappa shape index (κ3) is 4.27. The second-order valence-corrected chi connectivity index (χ2v) is 4.10. The summed E-state index contributed by atoms with van der Waals surface area (Å²) >= 11 is 0. The molecule has 0 amide bonds. The molecule has 14 heavy (non-hydrogen) atoms. The van der Waals surface area contributed by atoms with E-state index in [0.29, 0.717) is 0 Å². The van der Waals surface area contributed by atoms with Crippen LogP contribution < -0.4 is 5.73 Å². The maximum absolute atomic E-state index is 6.01. The van der Waals surface area contributed by atoms with Gasteiger partial charge in [0.15, 0.2) is 0 Å². The Labute approximate surface area is 98.1 Å². The molecule has 0 aliphatic heterocycles. The van der Waals surface area contributed by atoms with E-state index in [2.05, 4.69) is 25.8 Å². The summed E-state index contributed by atoms with van der Waals surface area (Å²) in [6, 6.07) is 5.85. The second kappa shape index (κ2) is 6.23. The first kappa shape index (κ1) is 16.1. The van der Waals surface area contributed by atoms with Crippen LogP contribution in [0, 0.1) is 5.41 Å². The molecule has 0 aromatic carbocycles. The van der Waals surface area contributed by atoms with Crippen molar-refractivity contribution in [2.24, 2.45) is 11.1 Å². The van der Waals surface area contributed by atoms with Crippen LogP contribution in [0.1, 0.15) is 32.5 Å². The minimum absolute atomic E-state index is 0. The molecule has 0 aliphatic rings. The number of nitrogens with two attached hydrogens (primary N) is 1. The Hall–Kier alpha value is -0.310. The molecule has 1 rings (SSSR count). The SMILES string of the molecule is CC(C)(C)C(N)c1ccccn1.Cl.Cl. The highest BCUT2D eigenvalue weighted by molar-refractivity contribution is 5.85. The molecule has 0 aliphatic carbocycles. The molecule has 0 saturated heterocycles. The van der Waals surface area contributed by atoms with Gasteiger partial charge in [-0.3, -0.25) is 4.98 Å². The smallest absolute Gasteiger partial charge is 0.0576 e. The van der Waals surface area contributed by atoms with Crippen molar-refractivity contribution < 1.29 is 0 Å². The quantitative estimate of drug-likeness (QED) is 0.815. The van der Waals surface area contributed by atoms with Crippen molar-refractivity contribution in [3.8, 4) is 0 Å². The summed E-state index contributed by atoms with van der Waals surface area (Å²) < 4.78 is 0. The summed E-state index contributed by atoms with van der Waals surface area (Å²) in [6.45, 7) is 6.35. The molecular formula is C10H18Cl2N2. The van der Waals surface area contributed by atoms with Gasteiger partial charge in [-0.2, -0.15) is 0 Å². The van der Waals surface area contributed by atoms with Gasteiger partial charge in [0.25, 0.3) is 0 Å². The van der Waals surface area contributed by atoms with Crippen LogP contribution in [0.15, 0.2) is 24.4 Å². The van der Waals surface area contributed by atoms with Crippen LogP contribution in [0.5, 0.6) is 0 Å². The first-order chi connectivity index (χ1) is 5.52. The summed E-state index contributed by atoms with van der Waals surface area (Å²) in [5.41, 5.74) is 7.05.